The Morgan fingerprint density at radius 3 is 2.68 bits per heavy atom. The Bertz CT molecular complexity index is 1020. The van der Waals surface area contributed by atoms with Gasteiger partial charge >= 0.3 is 0 Å². The van der Waals surface area contributed by atoms with Crippen LogP contribution in [0.1, 0.15) is 36.8 Å². The van der Waals surface area contributed by atoms with Crippen molar-refractivity contribution in [2.75, 3.05) is 41.3 Å². The molecule has 2 aromatic rings. The van der Waals surface area contributed by atoms with Crippen molar-refractivity contribution in [2.24, 2.45) is 4.99 Å². The van der Waals surface area contributed by atoms with E-state index in [2.05, 4.69) is 52.4 Å². The first kappa shape index (κ1) is 20.5. The molecule has 1 saturated carbocycles. The van der Waals surface area contributed by atoms with Gasteiger partial charge in [-0.2, -0.15) is 0 Å². The summed E-state index contributed by atoms with van der Waals surface area (Å²) in [7, 11) is 0. The van der Waals surface area contributed by atoms with E-state index in [9.17, 15) is 4.79 Å². The average molecular weight is 486 g/mol. The Balaban J connectivity index is 1.42. The number of piperazine rings is 1. The Hall–Kier alpha value is -2.39. The second-order valence-corrected chi connectivity index (χ2v) is 9.23. The van der Waals surface area contributed by atoms with Crippen molar-refractivity contribution >= 4 is 39.5 Å². The van der Waals surface area contributed by atoms with E-state index in [0.717, 1.165) is 67.5 Å². The molecule has 3 N–H and O–H groups in total. The molecule has 0 radical (unpaired) electrons. The predicted molar refractivity (Wildman–Crippen MR) is 129 cm³/mol. The first-order chi connectivity index (χ1) is 15.1. The Morgan fingerprint density at radius 1 is 1.19 bits per heavy atom. The van der Waals surface area contributed by atoms with E-state index in [1.807, 2.05) is 25.4 Å². The molecule has 0 amide bonds. The van der Waals surface area contributed by atoms with Crippen LogP contribution in [-0.4, -0.2) is 54.7 Å². The predicted octanol–water partition coefficient (Wildman–Crippen LogP) is 2.83. The van der Waals surface area contributed by atoms with Gasteiger partial charge in [-0.3, -0.25) is 4.79 Å². The number of pyridine rings is 2. The molecule has 5 rings (SSSR count). The number of anilines is 3. The van der Waals surface area contributed by atoms with E-state index in [1.165, 1.54) is 12.8 Å². The van der Waals surface area contributed by atoms with Gasteiger partial charge in [-0.15, -0.1) is 0 Å². The first-order valence-corrected chi connectivity index (χ1v) is 11.8. The zero-order valence-electron chi connectivity index (χ0n) is 17.7. The fraction of sp³-hybridized carbons (Fsp3) is 0.500. The molecule has 3 aliphatic rings. The van der Waals surface area contributed by atoms with E-state index in [0.29, 0.717) is 10.5 Å². The highest BCUT2D eigenvalue weighted by Gasteiger charge is 2.34. The molecule has 8 nitrogen and oxygen atoms in total. The summed E-state index contributed by atoms with van der Waals surface area (Å²) in [5.41, 5.74) is 2.93. The van der Waals surface area contributed by atoms with Crippen LogP contribution in [0.3, 0.4) is 0 Å². The number of nitrogens with zero attached hydrogens (tertiary/aromatic N) is 4. The molecule has 2 aliphatic heterocycles. The van der Waals surface area contributed by atoms with Crippen LogP contribution in [0.4, 0.5) is 17.3 Å². The second-order valence-electron chi connectivity index (χ2n) is 8.44. The van der Waals surface area contributed by atoms with Gasteiger partial charge in [-0.1, -0.05) is 12.8 Å². The largest absolute Gasteiger partial charge is 0.368 e. The molecule has 0 aromatic carbocycles. The summed E-state index contributed by atoms with van der Waals surface area (Å²) in [6.45, 7) is 5.95. The minimum Gasteiger partial charge on any atom is -0.368 e. The highest BCUT2D eigenvalue weighted by molar-refractivity contribution is 9.10. The molecule has 1 saturated heterocycles. The Morgan fingerprint density at radius 2 is 1.97 bits per heavy atom. The third-order valence-electron chi connectivity index (χ3n) is 6.51. The SMILES string of the molecule is Cc1c2c([nH]c(=O)c1Br)N(C1CCCC1)C(Nc1ccc(N3CCNCC3)cn1)N=C2. The first-order valence-electron chi connectivity index (χ1n) is 11.0. The number of aromatic amines is 1. The lowest BCUT2D eigenvalue weighted by molar-refractivity contribution is 0.537. The molecular formula is C22H28BrN7O. The van der Waals surface area contributed by atoms with Crippen LogP contribution in [0.5, 0.6) is 0 Å². The van der Waals surface area contributed by atoms with Crippen LogP contribution in [0.2, 0.25) is 0 Å². The van der Waals surface area contributed by atoms with Crippen molar-refractivity contribution in [3.8, 4) is 0 Å². The van der Waals surface area contributed by atoms with Crippen molar-refractivity contribution in [2.45, 2.75) is 44.9 Å². The molecule has 31 heavy (non-hydrogen) atoms. The van der Waals surface area contributed by atoms with Gasteiger partial charge < -0.3 is 25.4 Å². The third-order valence-corrected chi connectivity index (χ3v) is 7.47. The van der Waals surface area contributed by atoms with Crippen LogP contribution in [-0.2, 0) is 0 Å². The summed E-state index contributed by atoms with van der Waals surface area (Å²) in [6, 6.07) is 4.47. The van der Waals surface area contributed by atoms with Gasteiger partial charge in [0.05, 0.1) is 16.4 Å². The molecule has 1 unspecified atom stereocenters. The van der Waals surface area contributed by atoms with Gasteiger partial charge in [0.25, 0.3) is 5.56 Å². The molecule has 9 heteroatoms. The molecule has 2 fully saturated rings. The summed E-state index contributed by atoms with van der Waals surface area (Å²) in [4.78, 5) is 29.7. The van der Waals surface area contributed by atoms with E-state index < -0.39 is 0 Å². The standard InChI is InChI=1S/C22H28BrN7O/c1-14-17-13-26-22(27-18-7-6-16(12-25-18)29-10-8-24-9-11-29)30(15-4-2-3-5-15)20(17)28-21(31)19(14)23/h6-7,12-13,15,22,24H,2-5,8-11H2,1H3,(H,25,27)(H,28,31). The van der Waals surface area contributed by atoms with Gasteiger partial charge in [0.1, 0.15) is 11.6 Å². The monoisotopic (exact) mass is 485 g/mol. The number of nitrogens with one attached hydrogen (secondary N) is 3. The number of H-pyrrole nitrogens is 1. The van der Waals surface area contributed by atoms with Crippen LogP contribution in [0.15, 0.2) is 32.6 Å². The highest BCUT2D eigenvalue weighted by atomic mass is 79.9. The molecule has 1 aliphatic carbocycles. The molecule has 164 valence electrons. The van der Waals surface area contributed by atoms with Gasteiger partial charge in [0, 0.05) is 44.0 Å². The third kappa shape index (κ3) is 3.96. The van der Waals surface area contributed by atoms with Gasteiger partial charge in [0.15, 0.2) is 6.29 Å². The lowest BCUT2D eigenvalue weighted by atomic mass is 10.1. The number of hydrogen-bond donors (Lipinski definition) is 3. The maximum absolute atomic E-state index is 12.5. The topological polar surface area (TPSA) is 88.7 Å². The second kappa shape index (κ2) is 8.63. The number of hydrogen-bond acceptors (Lipinski definition) is 7. The van der Waals surface area contributed by atoms with E-state index in [-0.39, 0.29) is 11.8 Å². The minimum absolute atomic E-state index is 0.105. The lowest BCUT2D eigenvalue weighted by Gasteiger charge is -2.39. The number of fused-ring (bicyclic) bond motifs is 1. The van der Waals surface area contributed by atoms with E-state index >= 15 is 0 Å². The van der Waals surface area contributed by atoms with Crippen LogP contribution < -0.4 is 26.0 Å². The maximum Gasteiger partial charge on any atom is 0.264 e. The van der Waals surface area contributed by atoms with Crippen molar-refractivity contribution < 1.29 is 0 Å². The zero-order valence-corrected chi connectivity index (χ0v) is 19.3. The van der Waals surface area contributed by atoms with E-state index in [1.54, 1.807) is 0 Å². The zero-order chi connectivity index (χ0) is 21.4. The summed E-state index contributed by atoms with van der Waals surface area (Å²) < 4.78 is 0.570. The summed E-state index contributed by atoms with van der Waals surface area (Å²) in [6.07, 6.45) is 8.08. The van der Waals surface area contributed by atoms with Gasteiger partial charge in [-0.25, -0.2) is 9.98 Å². The lowest BCUT2D eigenvalue weighted by Crippen LogP contribution is -2.49. The van der Waals surface area contributed by atoms with Crippen molar-refractivity contribution in [1.29, 1.82) is 0 Å². The van der Waals surface area contributed by atoms with Gasteiger partial charge in [-0.05, 0) is 53.4 Å². The number of rotatable bonds is 4. The fourth-order valence-corrected chi connectivity index (χ4v) is 5.09. The van der Waals surface area contributed by atoms with Gasteiger partial charge in [0.2, 0.25) is 0 Å². The fourth-order valence-electron chi connectivity index (χ4n) is 4.78. The van der Waals surface area contributed by atoms with Crippen molar-refractivity contribution in [3.63, 3.8) is 0 Å². The number of aromatic nitrogens is 2. The van der Waals surface area contributed by atoms with E-state index in [4.69, 9.17) is 4.99 Å². The smallest absolute Gasteiger partial charge is 0.264 e. The summed E-state index contributed by atoms with van der Waals surface area (Å²) >= 11 is 3.41. The Labute approximate surface area is 190 Å². The quantitative estimate of drug-likeness (QED) is 0.616. The number of aliphatic imine (C=N–C) groups is 1. The molecule has 1 atom stereocenters. The van der Waals surface area contributed by atoms with Crippen molar-refractivity contribution in [3.05, 3.63) is 44.3 Å². The Kier molecular flexibility index (Phi) is 5.71. The minimum atomic E-state index is -0.302. The molecule has 4 heterocycles. The molecular weight excluding hydrogens is 458 g/mol. The summed E-state index contributed by atoms with van der Waals surface area (Å²) in [5, 5.41) is 6.86. The highest BCUT2D eigenvalue weighted by Crippen LogP contribution is 2.35. The maximum atomic E-state index is 12.5. The normalized spacial score (nSPS) is 21.4. The molecule has 0 bridgehead atoms. The summed E-state index contributed by atoms with van der Waals surface area (Å²) in [5.74, 6) is 1.63. The molecule has 0 spiro atoms. The van der Waals surface area contributed by atoms with Crippen LogP contribution in [0.25, 0.3) is 0 Å². The van der Waals surface area contributed by atoms with Crippen molar-refractivity contribution in [1.82, 2.24) is 15.3 Å². The van der Waals surface area contributed by atoms with Crippen LogP contribution >= 0.6 is 15.9 Å². The van der Waals surface area contributed by atoms with Crippen LogP contribution in [0, 0.1) is 6.92 Å². The average Bonchev–Trinajstić information content (AvgIpc) is 3.33. The number of halogens is 1. The molecule has 2 aromatic heterocycles.